The highest BCUT2D eigenvalue weighted by atomic mass is 16.3. The smallest absolute Gasteiger partial charge is 0.254 e. The Kier molecular flexibility index (Phi) is 4.34. The third-order valence-corrected chi connectivity index (χ3v) is 4.11. The Labute approximate surface area is 135 Å². The van der Waals surface area contributed by atoms with Crippen LogP contribution < -0.4 is 0 Å². The number of β-amino-alcohol motifs (C(OH)–C–C–N with tert-alkyl or cyclic N) is 1. The Morgan fingerprint density at radius 3 is 2.65 bits per heavy atom. The standard InChI is InChI=1S/C17H20N4O2/c1-11-5-13(6-12(2)20-11)17(23)21-9-14(16(22)10-21)7-15-8-18-3-4-19-15/h3-6,8,14,16,22H,7,9-10H2,1-2H3/t14-,16-/m1/s1. The summed E-state index contributed by atoms with van der Waals surface area (Å²) in [6, 6.07) is 3.58. The molecule has 0 radical (unpaired) electrons. The fraction of sp³-hybridized carbons (Fsp3) is 0.412. The van der Waals surface area contributed by atoms with Crippen LogP contribution in [0.3, 0.4) is 0 Å². The molecule has 6 heteroatoms. The molecule has 0 aromatic carbocycles. The molecule has 0 saturated carbocycles. The second-order valence-corrected chi connectivity index (χ2v) is 6.08. The van der Waals surface area contributed by atoms with E-state index < -0.39 is 6.10 Å². The Morgan fingerprint density at radius 2 is 2.00 bits per heavy atom. The maximum Gasteiger partial charge on any atom is 0.254 e. The quantitative estimate of drug-likeness (QED) is 0.920. The summed E-state index contributed by atoms with van der Waals surface area (Å²) in [7, 11) is 0. The van der Waals surface area contributed by atoms with Crippen LogP contribution >= 0.6 is 0 Å². The molecule has 2 atom stereocenters. The van der Waals surface area contributed by atoms with Crippen LogP contribution in [0.1, 0.15) is 27.4 Å². The average molecular weight is 312 g/mol. The maximum atomic E-state index is 12.7. The van der Waals surface area contributed by atoms with Gasteiger partial charge in [-0.1, -0.05) is 0 Å². The molecule has 0 unspecified atom stereocenters. The van der Waals surface area contributed by atoms with Crippen molar-refractivity contribution < 1.29 is 9.90 Å². The van der Waals surface area contributed by atoms with Crippen molar-refractivity contribution in [3.05, 3.63) is 53.4 Å². The van der Waals surface area contributed by atoms with E-state index in [0.29, 0.717) is 25.1 Å². The SMILES string of the molecule is Cc1cc(C(=O)N2C[C@@H](Cc3cnccn3)[C@H](O)C2)cc(C)n1. The number of hydrogen-bond donors (Lipinski definition) is 1. The highest BCUT2D eigenvalue weighted by Crippen LogP contribution is 2.22. The average Bonchev–Trinajstić information content (AvgIpc) is 2.87. The molecule has 1 aliphatic rings. The zero-order chi connectivity index (χ0) is 16.4. The molecule has 0 bridgehead atoms. The minimum atomic E-state index is -0.537. The van der Waals surface area contributed by atoms with E-state index in [1.165, 1.54) is 0 Å². The fourth-order valence-electron chi connectivity index (χ4n) is 3.07. The summed E-state index contributed by atoms with van der Waals surface area (Å²) in [6.45, 7) is 4.63. The van der Waals surface area contributed by atoms with Gasteiger partial charge in [-0.25, -0.2) is 0 Å². The van der Waals surface area contributed by atoms with Crippen molar-refractivity contribution in [2.75, 3.05) is 13.1 Å². The lowest BCUT2D eigenvalue weighted by Gasteiger charge is -2.16. The summed E-state index contributed by atoms with van der Waals surface area (Å²) in [5.74, 6) is -0.0704. The number of rotatable bonds is 3. The van der Waals surface area contributed by atoms with Crippen molar-refractivity contribution in [1.29, 1.82) is 0 Å². The second-order valence-electron chi connectivity index (χ2n) is 6.08. The normalized spacial score (nSPS) is 20.7. The van der Waals surface area contributed by atoms with Gasteiger partial charge in [0, 0.05) is 54.5 Å². The highest BCUT2D eigenvalue weighted by Gasteiger charge is 2.34. The van der Waals surface area contributed by atoms with Crippen molar-refractivity contribution in [2.45, 2.75) is 26.4 Å². The maximum absolute atomic E-state index is 12.7. The number of nitrogens with zero attached hydrogens (tertiary/aromatic N) is 4. The van der Waals surface area contributed by atoms with Gasteiger partial charge in [0.15, 0.2) is 0 Å². The molecule has 120 valence electrons. The van der Waals surface area contributed by atoms with Crippen molar-refractivity contribution in [3.8, 4) is 0 Å². The largest absolute Gasteiger partial charge is 0.391 e. The highest BCUT2D eigenvalue weighted by molar-refractivity contribution is 5.94. The minimum absolute atomic E-state index is 0.0142. The van der Waals surface area contributed by atoms with Crippen molar-refractivity contribution in [1.82, 2.24) is 19.9 Å². The van der Waals surface area contributed by atoms with Gasteiger partial charge in [0.25, 0.3) is 5.91 Å². The molecule has 6 nitrogen and oxygen atoms in total. The minimum Gasteiger partial charge on any atom is -0.391 e. The molecule has 3 rings (SSSR count). The lowest BCUT2D eigenvalue weighted by Crippen LogP contribution is -2.29. The van der Waals surface area contributed by atoms with Gasteiger partial charge in [-0.05, 0) is 32.4 Å². The number of carbonyl (C=O) groups excluding carboxylic acids is 1. The van der Waals surface area contributed by atoms with Crippen LogP contribution in [0.4, 0.5) is 0 Å². The number of carbonyl (C=O) groups is 1. The molecule has 1 saturated heterocycles. The van der Waals surface area contributed by atoms with Gasteiger partial charge in [0.1, 0.15) is 0 Å². The topological polar surface area (TPSA) is 79.2 Å². The third-order valence-electron chi connectivity index (χ3n) is 4.11. The van der Waals surface area contributed by atoms with Crippen LogP contribution in [0.2, 0.25) is 0 Å². The van der Waals surface area contributed by atoms with E-state index >= 15 is 0 Å². The first-order valence-corrected chi connectivity index (χ1v) is 7.70. The van der Waals surface area contributed by atoms with E-state index in [2.05, 4.69) is 15.0 Å². The predicted molar refractivity (Wildman–Crippen MR) is 84.8 cm³/mol. The van der Waals surface area contributed by atoms with E-state index in [9.17, 15) is 9.90 Å². The molecule has 0 spiro atoms. The fourth-order valence-corrected chi connectivity index (χ4v) is 3.07. The van der Waals surface area contributed by atoms with Crippen LogP contribution in [0.25, 0.3) is 0 Å². The van der Waals surface area contributed by atoms with Crippen molar-refractivity contribution >= 4 is 5.91 Å². The lowest BCUT2D eigenvalue weighted by molar-refractivity contribution is 0.0764. The van der Waals surface area contributed by atoms with Crippen LogP contribution in [0.15, 0.2) is 30.7 Å². The first kappa shape index (κ1) is 15.6. The number of aliphatic hydroxyl groups excluding tert-OH is 1. The molecular formula is C17H20N4O2. The van der Waals surface area contributed by atoms with Gasteiger partial charge in [-0.3, -0.25) is 19.7 Å². The molecule has 2 aromatic rings. The van der Waals surface area contributed by atoms with Crippen molar-refractivity contribution in [3.63, 3.8) is 0 Å². The summed E-state index contributed by atoms with van der Waals surface area (Å²) in [4.78, 5) is 26.9. The first-order valence-electron chi connectivity index (χ1n) is 7.70. The summed E-state index contributed by atoms with van der Waals surface area (Å²) in [6.07, 6.45) is 5.05. The van der Waals surface area contributed by atoms with E-state index in [1.807, 2.05) is 13.8 Å². The van der Waals surface area contributed by atoms with Crippen molar-refractivity contribution in [2.24, 2.45) is 5.92 Å². The number of hydrogen-bond acceptors (Lipinski definition) is 5. The molecule has 23 heavy (non-hydrogen) atoms. The Balaban J connectivity index is 1.71. The summed E-state index contributed by atoms with van der Waals surface area (Å²) in [5.41, 5.74) is 3.11. The number of aryl methyl sites for hydroxylation is 2. The number of aromatic nitrogens is 3. The summed E-state index contributed by atoms with van der Waals surface area (Å²) >= 11 is 0. The molecule has 3 heterocycles. The number of likely N-dealkylation sites (tertiary alicyclic amines) is 1. The zero-order valence-corrected chi connectivity index (χ0v) is 13.3. The summed E-state index contributed by atoms with van der Waals surface area (Å²) < 4.78 is 0. The van der Waals surface area contributed by atoms with E-state index in [1.54, 1.807) is 35.6 Å². The third kappa shape index (κ3) is 3.53. The van der Waals surface area contributed by atoms with E-state index in [-0.39, 0.29) is 11.8 Å². The van der Waals surface area contributed by atoms with Gasteiger partial charge < -0.3 is 10.0 Å². The van der Waals surface area contributed by atoms with Gasteiger partial charge in [0.05, 0.1) is 11.8 Å². The molecular weight excluding hydrogens is 292 g/mol. The molecule has 1 N–H and O–H groups in total. The van der Waals surface area contributed by atoms with Crippen LogP contribution in [-0.2, 0) is 6.42 Å². The Morgan fingerprint density at radius 1 is 1.26 bits per heavy atom. The molecule has 0 aliphatic carbocycles. The van der Waals surface area contributed by atoms with Crippen LogP contribution in [0, 0.1) is 19.8 Å². The summed E-state index contributed by atoms with van der Waals surface area (Å²) in [5, 5.41) is 10.3. The number of amides is 1. The monoisotopic (exact) mass is 312 g/mol. The first-order chi connectivity index (χ1) is 11.0. The van der Waals surface area contributed by atoms with Gasteiger partial charge in [-0.15, -0.1) is 0 Å². The lowest BCUT2D eigenvalue weighted by atomic mass is 10.0. The number of pyridine rings is 1. The van der Waals surface area contributed by atoms with Crippen LogP contribution in [-0.4, -0.2) is 50.1 Å². The van der Waals surface area contributed by atoms with E-state index in [0.717, 1.165) is 17.1 Å². The zero-order valence-electron chi connectivity index (χ0n) is 13.3. The molecule has 1 aliphatic heterocycles. The molecule has 1 fully saturated rings. The second kappa shape index (κ2) is 6.42. The number of aliphatic hydroxyl groups is 1. The molecule has 1 amide bonds. The van der Waals surface area contributed by atoms with Gasteiger partial charge in [-0.2, -0.15) is 0 Å². The Hall–Kier alpha value is -2.34. The van der Waals surface area contributed by atoms with E-state index in [4.69, 9.17) is 0 Å². The molecule has 2 aromatic heterocycles. The van der Waals surface area contributed by atoms with Gasteiger partial charge >= 0.3 is 0 Å². The predicted octanol–water partition coefficient (Wildman–Crippen LogP) is 1.16. The Bertz CT molecular complexity index is 685. The van der Waals surface area contributed by atoms with Gasteiger partial charge in [0.2, 0.25) is 0 Å². The van der Waals surface area contributed by atoms with Crippen LogP contribution in [0.5, 0.6) is 0 Å².